The van der Waals surface area contributed by atoms with E-state index in [9.17, 15) is 0 Å². The van der Waals surface area contributed by atoms with Gasteiger partial charge in [0.25, 0.3) is 0 Å². The maximum Gasteiger partial charge on any atom is 0.181 e. The number of thiophene rings is 1. The van der Waals surface area contributed by atoms with E-state index in [4.69, 9.17) is 9.97 Å². The highest BCUT2D eigenvalue weighted by Crippen LogP contribution is 2.33. The van der Waals surface area contributed by atoms with Gasteiger partial charge in [0.05, 0.1) is 0 Å². The van der Waals surface area contributed by atoms with Gasteiger partial charge in [-0.05, 0) is 35.2 Å². The van der Waals surface area contributed by atoms with Crippen LogP contribution in [0.1, 0.15) is 0 Å². The van der Waals surface area contributed by atoms with Crippen molar-refractivity contribution in [1.29, 1.82) is 0 Å². The van der Waals surface area contributed by atoms with E-state index in [1.54, 1.807) is 11.3 Å². The zero-order chi connectivity index (χ0) is 22.0. The van der Waals surface area contributed by atoms with Crippen molar-refractivity contribution in [3.8, 4) is 56.0 Å². The van der Waals surface area contributed by atoms with Crippen molar-refractivity contribution in [2.45, 2.75) is 0 Å². The maximum absolute atomic E-state index is 4.75. The second-order valence-corrected chi connectivity index (χ2v) is 8.47. The average molecular weight is 447 g/mol. The molecule has 6 nitrogen and oxygen atoms in total. The molecule has 0 aliphatic heterocycles. The number of benzene rings is 3. The first-order valence-electron chi connectivity index (χ1n) is 10.5. The van der Waals surface area contributed by atoms with Crippen molar-refractivity contribution >= 4 is 11.3 Å². The average Bonchev–Trinajstić information content (AvgIpc) is 3.67. The van der Waals surface area contributed by atoms with Gasteiger partial charge in [-0.1, -0.05) is 66.7 Å². The lowest BCUT2D eigenvalue weighted by Crippen LogP contribution is -1.88. The first kappa shape index (κ1) is 19.3. The number of hydrogen-bond donors (Lipinski definition) is 2. The van der Waals surface area contributed by atoms with Crippen molar-refractivity contribution in [1.82, 2.24) is 30.4 Å². The van der Waals surface area contributed by atoms with Crippen molar-refractivity contribution in [2.24, 2.45) is 0 Å². The molecule has 0 spiro atoms. The summed E-state index contributed by atoms with van der Waals surface area (Å²) in [7, 11) is 0. The van der Waals surface area contributed by atoms with Crippen LogP contribution in [0.15, 0.2) is 96.4 Å². The van der Waals surface area contributed by atoms with Crippen LogP contribution >= 0.6 is 11.3 Å². The number of hydrogen-bond acceptors (Lipinski definition) is 5. The Morgan fingerprint density at radius 3 is 1.52 bits per heavy atom. The van der Waals surface area contributed by atoms with Crippen LogP contribution in [-0.2, 0) is 0 Å². The molecule has 0 aliphatic carbocycles. The van der Waals surface area contributed by atoms with E-state index in [-0.39, 0.29) is 0 Å². The normalized spacial score (nSPS) is 11.0. The summed E-state index contributed by atoms with van der Waals surface area (Å²) in [6.07, 6.45) is 0. The SMILES string of the molecule is c1ccc(-c2n[nH]c(-c3cc(-c4nc(-c5ccccc5)n[nH]4)cc(-c4cccs4)c3)n2)cc1. The maximum atomic E-state index is 4.75. The Morgan fingerprint density at radius 2 is 1.03 bits per heavy atom. The van der Waals surface area contributed by atoms with Crippen LogP contribution in [-0.4, -0.2) is 30.4 Å². The Kier molecular flexibility index (Phi) is 4.86. The van der Waals surface area contributed by atoms with E-state index in [1.807, 2.05) is 60.7 Å². The minimum absolute atomic E-state index is 0.666. The molecule has 3 aromatic heterocycles. The molecule has 2 N–H and O–H groups in total. The summed E-state index contributed by atoms with van der Waals surface area (Å²) in [6.45, 7) is 0. The van der Waals surface area contributed by atoms with Crippen LogP contribution in [0.3, 0.4) is 0 Å². The van der Waals surface area contributed by atoms with Crippen LogP contribution in [0.5, 0.6) is 0 Å². The molecular formula is C26H18N6S. The van der Waals surface area contributed by atoms with Crippen LogP contribution in [0, 0.1) is 0 Å². The van der Waals surface area contributed by atoms with E-state index in [0.717, 1.165) is 27.8 Å². The van der Waals surface area contributed by atoms with Crippen molar-refractivity contribution in [3.05, 3.63) is 96.4 Å². The number of rotatable bonds is 5. The Labute approximate surface area is 194 Å². The molecule has 6 rings (SSSR count). The monoisotopic (exact) mass is 446 g/mol. The smallest absolute Gasteiger partial charge is 0.181 e. The van der Waals surface area contributed by atoms with E-state index in [0.29, 0.717) is 23.3 Å². The van der Waals surface area contributed by atoms with Gasteiger partial charge in [0.15, 0.2) is 23.3 Å². The van der Waals surface area contributed by atoms with Crippen LogP contribution in [0.4, 0.5) is 0 Å². The highest BCUT2D eigenvalue weighted by molar-refractivity contribution is 7.13. The molecule has 0 bridgehead atoms. The van der Waals surface area contributed by atoms with Crippen LogP contribution < -0.4 is 0 Å². The van der Waals surface area contributed by atoms with Gasteiger partial charge in [0.1, 0.15) is 0 Å². The molecule has 33 heavy (non-hydrogen) atoms. The summed E-state index contributed by atoms with van der Waals surface area (Å²) >= 11 is 1.70. The minimum Gasteiger partial charge on any atom is -0.259 e. The topological polar surface area (TPSA) is 83.1 Å². The third-order valence-corrected chi connectivity index (χ3v) is 6.24. The number of H-pyrrole nitrogens is 2. The van der Waals surface area contributed by atoms with Crippen LogP contribution in [0.2, 0.25) is 0 Å². The molecule has 0 amide bonds. The fraction of sp³-hybridized carbons (Fsp3) is 0. The van der Waals surface area contributed by atoms with Gasteiger partial charge >= 0.3 is 0 Å². The van der Waals surface area contributed by atoms with E-state index in [1.165, 1.54) is 4.88 Å². The first-order valence-corrected chi connectivity index (χ1v) is 11.4. The summed E-state index contributed by atoms with van der Waals surface area (Å²) in [5.74, 6) is 2.74. The van der Waals surface area contributed by atoms with Crippen molar-refractivity contribution in [3.63, 3.8) is 0 Å². The second kappa shape index (κ2) is 8.29. The first-order chi connectivity index (χ1) is 16.3. The molecule has 0 fully saturated rings. The predicted octanol–water partition coefficient (Wildman–Crippen LogP) is 6.32. The highest BCUT2D eigenvalue weighted by atomic mass is 32.1. The largest absolute Gasteiger partial charge is 0.259 e. The number of aromatic nitrogens is 6. The van der Waals surface area contributed by atoms with E-state index < -0.39 is 0 Å². The third kappa shape index (κ3) is 3.86. The molecule has 0 saturated heterocycles. The van der Waals surface area contributed by atoms with E-state index >= 15 is 0 Å². The lowest BCUT2D eigenvalue weighted by molar-refractivity contribution is 1.10. The van der Waals surface area contributed by atoms with Crippen LogP contribution in [0.25, 0.3) is 56.0 Å². The molecule has 0 radical (unpaired) electrons. The molecule has 3 aromatic carbocycles. The lowest BCUT2D eigenvalue weighted by atomic mass is 10.0. The lowest BCUT2D eigenvalue weighted by Gasteiger charge is -2.06. The van der Waals surface area contributed by atoms with Crippen molar-refractivity contribution < 1.29 is 0 Å². The van der Waals surface area contributed by atoms with Gasteiger partial charge in [0.2, 0.25) is 0 Å². The minimum atomic E-state index is 0.666. The number of aromatic amines is 2. The summed E-state index contributed by atoms with van der Waals surface area (Å²) in [4.78, 5) is 10.7. The van der Waals surface area contributed by atoms with Gasteiger partial charge in [-0.25, -0.2) is 9.97 Å². The molecule has 7 heteroatoms. The number of nitrogens with zero attached hydrogens (tertiary/aromatic N) is 4. The third-order valence-electron chi connectivity index (χ3n) is 5.32. The Balaban J connectivity index is 1.44. The Morgan fingerprint density at radius 1 is 0.515 bits per heavy atom. The van der Waals surface area contributed by atoms with Crippen molar-refractivity contribution in [2.75, 3.05) is 0 Å². The standard InChI is InChI=1S/C26H18N6S/c1-3-8-17(9-4-1)23-27-25(31-29-23)20-14-19(22-12-7-13-33-22)15-21(16-20)26-28-24(30-32-26)18-10-5-2-6-11-18/h1-16H,(H,27,29,31)(H,28,30,32). The summed E-state index contributed by atoms with van der Waals surface area (Å²) in [6, 6.07) is 30.4. The zero-order valence-corrected chi connectivity index (χ0v) is 18.3. The second-order valence-electron chi connectivity index (χ2n) is 7.52. The molecule has 6 aromatic rings. The molecule has 0 aliphatic rings. The zero-order valence-electron chi connectivity index (χ0n) is 17.4. The van der Waals surface area contributed by atoms with Gasteiger partial charge < -0.3 is 0 Å². The quantitative estimate of drug-likeness (QED) is 0.325. The number of nitrogens with one attached hydrogen (secondary N) is 2. The van der Waals surface area contributed by atoms with Gasteiger partial charge in [-0.2, -0.15) is 10.2 Å². The Bertz CT molecular complexity index is 1410. The molecule has 3 heterocycles. The summed E-state index contributed by atoms with van der Waals surface area (Å²) in [5.41, 5.74) is 4.90. The highest BCUT2D eigenvalue weighted by Gasteiger charge is 2.14. The summed E-state index contributed by atoms with van der Waals surface area (Å²) < 4.78 is 0. The molecule has 0 unspecified atom stereocenters. The molecule has 158 valence electrons. The predicted molar refractivity (Wildman–Crippen MR) is 131 cm³/mol. The fourth-order valence-electron chi connectivity index (χ4n) is 3.70. The molecule has 0 atom stereocenters. The summed E-state index contributed by atoms with van der Waals surface area (Å²) in [5, 5.41) is 17.1. The Hall–Kier alpha value is -4.36. The van der Waals surface area contributed by atoms with Gasteiger partial charge in [-0.15, -0.1) is 11.3 Å². The van der Waals surface area contributed by atoms with E-state index in [2.05, 4.69) is 56.1 Å². The molecule has 0 saturated carbocycles. The molecular weight excluding hydrogens is 428 g/mol. The fourth-order valence-corrected chi connectivity index (χ4v) is 4.42. The van der Waals surface area contributed by atoms with Gasteiger partial charge in [-0.3, -0.25) is 10.2 Å². The van der Waals surface area contributed by atoms with Gasteiger partial charge in [0, 0.05) is 27.1 Å².